The molecule has 16 heavy (non-hydrogen) atoms. The third kappa shape index (κ3) is 2.27. The Kier molecular flexibility index (Phi) is 3.28. The highest BCUT2D eigenvalue weighted by Gasteiger charge is 2.15. The molecule has 84 valence electrons. The van der Waals surface area contributed by atoms with Gasteiger partial charge in [0.1, 0.15) is 5.82 Å². The molecule has 0 aliphatic rings. The van der Waals surface area contributed by atoms with Gasteiger partial charge in [-0.15, -0.1) is 11.3 Å². The number of aromatic nitrogens is 1. The predicted octanol–water partition coefficient (Wildman–Crippen LogP) is 2.14. The van der Waals surface area contributed by atoms with Gasteiger partial charge in [-0.1, -0.05) is 12.1 Å². The largest absolute Gasteiger partial charge is 0.271 e. The number of rotatable bonds is 3. The van der Waals surface area contributed by atoms with Crippen LogP contribution in [0.25, 0.3) is 0 Å². The Labute approximate surface area is 97.1 Å². The van der Waals surface area contributed by atoms with Gasteiger partial charge in [0.25, 0.3) is 0 Å². The van der Waals surface area contributed by atoms with Crippen molar-refractivity contribution in [3.05, 3.63) is 51.7 Å². The Morgan fingerprint density at radius 2 is 2.31 bits per heavy atom. The van der Waals surface area contributed by atoms with E-state index in [0.29, 0.717) is 0 Å². The van der Waals surface area contributed by atoms with Crippen LogP contribution in [0.15, 0.2) is 30.5 Å². The second-order valence-electron chi connectivity index (χ2n) is 3.44. The highest BCUT2D eigenvalue weighted by atomic mass is 32.1. The van der Waals surface area contributed by atoms with E-state index in [0.717, 1.165) is 15.4 Å². The number of nitrogens with two attached hydrogens (primary N) is 1. The molecule has 5 heteroatoms. The third-order valence-corrected chi connectivity index (χ3v) is 3.25. The van der Waals surface area contributed by atoms with Crippen molar-refractivity contribution in [2.45, 2.75) is 13.0 Å². The van der Waals surface area contributed by atoms with Crippen molar-refractivity contribution in [2.75, 3.05) is 0 Å². The minimum absolute atomic E-state index is 0.207. The fourth-order valence-electron chi connectivity index (χ4n) is 1.54. The smallest absolute Gasteiger partial charge is 0.123 e. The standard InChI is InChI=1S/C11H12FN3S/c1-7-14-6-10(16-7)11(15-13)8-3-2-4-9(12)5-8/h2-6,11,15H,13H2,1H3. The Balaban J connectivity index is 2.36. The summed E-state index contributed by atoms with van der Waals surface area (Å²) in [6.07, 6.45) is 1.76. The summed E-state index contributed by atoms with van der Waals surface area (Å²) >= 11 is 1.55. The van der Waals surface area contributed by atoms with E-state index >= 15 is 0 Å². The van der Waals surface area contributed by atoms with Crippen molar-refractivity contribution in [1.29, 1.82) is 0 Å². The second-order valence-corrected chi connectivity index (χ2v) is 4.70. The van der Waals surface area contributed by atoms with Gasteiger partial charge < -0.3 is 0 Å². The van der Waals surface area contributed by atoms with Crippen LogP contribution in [0.3, 0.4) is 0 Å². The fourth-order valence-corrected chi connectivity index (χ4v) is 2.41. The molecule has 3 nitrogen and oxygen atoms in total. The molecule has 0 radical (unpaired) electrons. The van der Waals surface area contributed by atoms with Crippen LogP contribution < -0.4 is 11.3 Å². The van der Waals surface area contributed by atoms with Crippen LogP contribution >= 0.6 is 11.3 Å². The number of nitrogens with one attached hydrogen (secondary N) is 1. The van der Waals surface area contributed by atoms with E-state index in [-0.39, 0.29) is 11.9 Å². The van der Waals surface area contributed by atoms with Crippen LogP contribution in [-0.4, -0.2) is 4.98 Å². The first-order valence-corrected chi connectivity index (χ1v) is 5.66. The molecular weight excluding hydrogens is 225 g/mol. The molecule has 1 heterocycles. The van der Waals surface area contributed by atoms with Crippen molar-refractivity contribution in [1.82, 2.24) is 10.4 Å². The van der Waals surface area contributed by atoms with Crippen LogP contribution in [0.1, 0.15) is 21.5 Å². The number of benzene rings is 1. The van der Waals surface area contributed by atoms with Crippen molar-refractivity contribution in [3.8, 4) is 0 Å². The molecule has 3 N–H and O–H groups in total. The molecule has 0 spiro atoms. The molecule has 2 aromatic rings. The lowest BCUT2D eigenvalue weighted by molar-refractivity contribution is 0.608. The van der Waals surface area contributed by atoms with E-state index in [2.05, 4.69) is 10.4 Å². The molecule has 0 aliphatic carbocycles. The predicted molar refractivity (Wildman–Crippen MR) is 62.4 cm³/mol. The van der Waals surface area contributed by atoms with Gasteiger partial charge in [-0.3, -0.25) is 5.84 Å². The Bertz CT molecular complexity index is 484. The van der Waals surface area contributed by atoms with E-state index in [1.54, 1.807) is 23.6 Å². The van der Waals surface area contributed by atoms with Gasteiger partial charge in [-0.2, -0.15) is 0 Å². The zero-order valence-corrected chi connectivity index (χ0v) is 9.59. The number of hydrazine groups is 1. The minimum atomic E-state index is -0.265. The maximum Gasteiger partial charge on any atom is 0.123 e. The minimum Gasteiger partial charge on any atom is -0.271 e. The number of thiazole rings is 1. The number of nitrogens with zero attached hydrogens (tertiary/aromatic N) is 1. The molecule has 1 atom stereocenters. The zero-order valence-electron chi connectivity index (χ0n) is 8.77. The molecular formula is C11H12FN3S. The highest BCUT2D eigenvalue weighted by Crippen LogP contribution is 2.26. The molecule has 0 bridgehead atoms. The molecule has 2 rings (SSSR count). The van der Waals surface area contributed by atoms with E-state index in [1.165, 1.54) is 12.1 Å². The van der Waals surface area contributed by atoms with Crippen molar-refractivity contribution < 1.29 is 4.39 Å². The Hall–Kier alpha value is -1.30. The summed E-state index contributed by atoms with van der Waals surface area (Å²) in [7, 11) is 0. The van der Waals surface area contributed by atoms with E-state index in [9.17, 15) is 4.39 Å². The van der Waals surface area contributed by atoms with Crippen LogP contribution in [0.2, 0.25) is 0 Å². The second kappa shape index (κ2) is 4.69. The monoisotopic (exact) mass is 237 g/mol. The molecule has 0 saturated heterocycles. The molecule has 1 aromatic heterocycles. The number of halogens is 1. The molecule has 0 fully saturated rings. The van der Waals surface area contributed by atoms with Crippen LogP contribution in [0.5, 0.6) is 0 Å². The van der Waals surface area contributed by atoms with Gasteiger partial charge in [0.15, 0.2) is 0 Å². The average Bonchev–Trinajstić information content (AvgIpc) is 2.66. The maximum absolute atomic E-state index is 13.1. The van der Waals surface area contributed by atoms with E-state index in [4.69, 9.17) is 5.84 Å². The van der Waals surface area contributed by atoms with Gasteiger partial charge in [0.05, 0.1) is 11.0 Å². The Morgan fingerprint density at radius 3 is 2.88 bits per heavy atom. The van der Waals surface area contributed by atoms with E-state index in [1.807, 2.05) is 13.0 Å². The topological polar surface area (TPSA) is 50.9 Å². The molecule has 1 aromatic carbocycles. The average molecular weight is 237 g/mol. The molecule has 0 amide bonds. The molecule has 0 saturated carbocycles. The number of hydrogen-bond acceptors (Lipinski definition) is 4. The first-order valence-electron chi connectivity index (χ1n) is 4.84. The normalized spacial score (nSPS) is 12.7. The summed E-state index contributed by atoms with van der Waals surface area (Å²) in [6.45, 7) is 1.92. The summed E-state index contributed by atoms with van der Waals surface area (Å²) in [5, 5.41) is 0.964. The van der Waals surface area contributed by atoms with Gasteiger partial charge in [0.2, 0.25) is 0 Å². The fraction of sp³-hybridized carbons (Fsp3) is 0.182. The molecule has 0 aliphatic heterocycles. The van der Waals surface area contributed by atoms with Gasteiger partial charge in [-0.05, 0) is 24.6 Å². The lowest BCUT2D eigenvalue weighted by Gasteiger charge is -2.13. The summed E-state index contributed by atoms with van der Waals surface area (Å²) in [4.78, 5) is 5.14. The summed E-state index contributed by atoms with van der Waals surface area (Å²) in [5.41, 5.74) is 3.48. The van der Waals surface area contributed by atoms with Crippen LogP contribution in [0.4, 0.5) is 4.39 Å². The lowest BCUT2D eigenvalue weighted by Crippen LogP contribution is -2.28. The van der Waals surface area contributed by atoms with Gasteiger partial charge in [0, 0.05) is 11.1 Å². The zero-order chi connectivity index (χ0) is 11.5. The SMILES string of the molecule is Cc1ncc(C(NN)c2cccc(F)c2)s1. The van der Waals surface area contributed by atoms with Crippen molar-refractivity contribution in [2.24, 2.45) is 5.84 Å². The first-order chi connectivity index (χ1) is 7.70. The first kappa shape index (κ1) is 11.2. The Morgan fingerprint density at radius 1 is 1.50 bits per heavy atom. The third-order valence-electron chi connectivity index (χ3n) is 2.27. The summed E-state index contributed by atoms with van der Waals surface area (Å²) < 4.78 is 13.1. The van der Waals surface area contributed by atoms with Crippen molar-refractivity contribution in [3.63, 3.8) is 0 Å². The van der Waals surface area contributed by atoms with Gasteiger partial charge >= 0.3 is 0 Å². The quantitative estimate of drug-likeness (QED) is 0.635. The van der Waals surface area contributed by atoms with Crippen molar-refractivity contribution >= 4 is 11.3 Å². The summed E-state index contributed by atoms with van der Waals surface area (Å²) in [6, 6.07) is 6.18. The van der Waals surface area contributed by atoms with E-state index < -0.39 is 0 Å². The van der Waals surface area contributed by atoms with Crippen LogP contribution in [0, 0.1) is 12.7 Å². The summed E-state index contributed by atoms with van der Waals surface area (Å²) in [5.74, 6) is 5.24. The lowest BCUT2D eigenvalue weighted by atomic mass is 10.1. The van der Waals surface area contributed by atoms with Gasteiger partial charge in [-0.25, -0.2) is 14.8 Å². The maximum atomic E-state index is 13.1. The number of aryl methyl sites for hydroxylation is 1. The highest BCUT2D eigenvalue weighted by molar-refractivity contribution is 7.11. The number of hydrogen-bond donors (Lipinski definition) is 2. The molecule has 1 unspecified atom stereocenters. The van der Waals surface area contributed by atoms with Crippen LogP contribution in [-0.2, 0) is 0 Å².